The number of pyridine rings is 1. The molecule has 0 aliphatic carbocycles. The fourth-order valence-electron chi connectivity index (χ4n) is 5.47. The zero-order chi connectivity index (χ0) is 35.6. The van der Waals surface area contributed by atoms with E-state index in [-0.39, 0.29) is 39.2 Å². The number of fused-ring (bicyclic) bond motifs is 2. The van der Waals surface area contributed by atoms with Crippen LogP contribution in [-0.4, -0.2) is 88.4 Å². The summed E-state index contributed by atoms with van der Waals surface area (Å²) in [5.41, 5.74) is 13.1. The fraction of sp³-hybridized carbons (Fsp3) is 0.467. The Bertz CT molecular complexity index is 1860. The highest BCUT2D eigenvalue weighted by molar-refractivity contribution is 8.00. The standard InChI is InChI=1S/C30H36ClN9O7S2/c1-4-5-8-18-34-24-17(39(18)11-9-14(2)32)7-6-10-38(24)12-16-13-48-27-21(26(42)40(27)22(16)29(45)46)35-25(41)20(37-47-15(3)28(43)44)19-23(31)49-30(33)36-19/h6-7,10,14-15,21,27H,4-5,8-9,11-13,32H2,1-3H3,(H4-,33,35,36,41,43,44,45,46)/p+1/t14-,15-,21+,27?/m0/s1. The molecule has 19 heteroatoms. The van der Waals surface area contributed by atoms with E-state index < -0.39 is 47.0 Å². The van der Waals surface area contributed by atoms with Crippen LogP contribution in [0.25, 0.3) is 11.2 Å². The lowest BCUT2D eigenvalue weighted by molar-refractivity contribution is -0.664. The summed E-state index contributed by atoms with van der Waals surface area (Å²) in [6.07, 6.45) is 3.96. The van der Waals surface area contributed by atoms with Gasteiger partial charge in [-0.3, -0.25) is 14.5 Å². The number of nitrogens with one attached hydrogen (secondary N) is 1. The van der Waals surface area contributed by atoms with Gasteiger partial charge in [0.05, 0.1) is 6.20 Å². The van der Waals surface area contributed by atoms with Crippen molar-refractivity contribution in [3.8, 4) is 0 Å². The summed E-state index contributed by atoms with van der Waals surface area (Å²) in [5.74, 6) is -2.99. The summed E-state index contributed by atoms with van der Waals surface area (Å²) >= 11 is 8.36. The van der Waals surface area contributed by atoms with Gasteiger partial charge < -0.3 is 36.4 Å². The maximum atomic E-state index is 13.5. The van der Waals surface area contributed by atoms with Crippen LogP contribution < -0.4 is 21.4 Å². The second-order valence-electron chi connectivity index (χ2n) is 11.7. The van der Waals surface area contributed by atoms with Gasteiger partial charge in [0.25, 0.3) is 11.8 Å². The number of hydrogen-bond acceptors (Lipinski definition) is 12. The molecular formula is C30H37ClN9O7S2+. The van der Waals surface area contributed by atoms with Crippen LogP contribution in [0.2, 0.25) is 4.34 Å². The van der Waals surface area contributed by atoms with E-state index in [1.54, 1.807) is 0 Å². The van der Waals surface area contributed by atoms with Crippen molar-refractivity contribution in [2.24, 2.45) is 10.9 Å². The van der Waals surface area contributed by atoms with E-state index in [9.17, 15) is 24.3 Å². The number of imidazole rings is 1. The molecule has 0 radical (unpaired) electrons. The summed E-state index contributed by atoms with van der Waals surface area (Å²) in [7, 11) is 0. The van der Waals surface area contributed by atoms with Gasteiger partial charge in [-0.25, -0.2) is 19.1 Å². The number of oxime groups is 1. The molecule has 5 heterocycles. The number of hydrogen-bond donors (Lipinski definition) is 5. The second-order valence-corrected chi connectivity index (χ2v) is 14.5. The van der Waals surface area contributed by atoms with Crippen molar-refractivity contribution in [3.05, 3.63) is 45.5 Å². The van der Waals surface area contributed by atoms with Crippen LogP contribution in [0, 0.1) is 0 Å². The van der Waals surface area contributed by atoms with E-state index >= 15 is 0 Å². The molecule has 0 aromatic carbocycles. The number of nitrogens with two attached hydrogens (primary N) is 2. The summed E-state index contributed by atoms with van der Waals surface area (Å²) in [4.78, 5) is 65.9. The van der Waals surface area contributed by atoms with E-state index in [0.717, 1.165) is 48.4 Å². The highest BCUT2D eigenvalue weighted by atomic mass is 35.5. The number of nitrogens with zero attached hydrogens (tertiary/aromatic N) is 6. The van der Waals surface area contributed by atoms with Gasteiger partial charge in [0.2, 0.25) is 11.9 Å². The Hall–Kier alpha value is -4.26. The molecule has 16 nitrogen and oxygen atoms in total. The van der Waals surface area contributed by atoms with Crippen molar-refractivity contribution in [3.63, 3.8) is 0 Å². The van der Waals surface area contributed by atoms with E-state index in [2.05, 4.69) is 26.9 Å². The molecule has 262 valence electrons. The Morgan fingerprint density at radius 2 is 2.04 bits per heavy atom. The number of aryl methyl sites for hydroxylation is 2. The second kappa shape index (κ2) is 15.1. The van der Waals surface area contributed by atoms with Crippen molar-refractivity contribution in [2.45, 2.75) is 83.1 Å². The van der Waals surface area contributed by atoms with Crippen molar-refractivity contribution >= 4 is 80.5 Å². The number of carboxylic acids is 2. The molecule has 7 N–H and O–H groups in total. The van der Waals surface area contributed by atoms with Crippen molar-refractivity contribution in [1.29, 1.82) is 0 Å². The number of nitrogen functional groups attached to an aromatic ring is 1. The Morgan fingerprint density at radius 3 is 2.67 bits per heavy atom. The smallest absolute Gasteiger partial charge is 0.352 e. The third-order valence-corrected chi connectivity index (χ3v) is 10.4. The first-order valence-corrected chi connectivity index (χ1v) is 17.8. The summed E-state index contributed by atoms with van der Waals surface area (Å²) in [6.45, 7) is 6.16. The molecule has 2 aliphatic rings. The number of thiazole rings is 1. The van der Waals surface area contributed by atoms with Gasteiger partial charge in [0, 0.05) is 30.3 Å². The van der Waals surface area contributed by atoms with Crippen LogP contribution in [0.4, 0.5) is 5.13 Å². The Labute approximate surface area is 294 Å². The van der Waals surface area contributed by atoms with Gasteiger partial charge in [0.1, 0.15) is 39.2 Å². The molecule has 49 heavy (non-hydrogen) atoms. The Morgan fingerprint density at radius 1 is 1.29 bits per heavy atom. The normalized spacial score (nSPS) is 19.0. The van der Waals surface area contributed by atoms with Crippen LogP contribution in [-0.2, 0) is 43.5 Å². The molecule has 3 aromatic heterocycles. The number of aromatic nitrogens is 4. The number of carboxylic acid groups (broad SMARTS) is 2. The SMILES string of the molecule is CCCCc1nc2c(ccc[n+]2CC2=C(C(=O)O)N3C(=O)[C@@H](NC(=O)C(=NO[C@@H](C)C(=O)O)c4nc(N)sc4Cl)C3SC2)n1CC[C@H](C)N. The average Bonchev–Trinajstić information content (AvgIpc) is 3.59. The maximum absolute atomic E-state index is 13.5. The highest BCUT2D eigenvalue weighted by Gasteiger charge is 2.54. The number of carbonyl (C=O) groups excluding carboxylic acids is 2. The van der Waals surface area contributed by atoms with Crippen LogP contribution >= 0.6 is 34.7 Å². The van der Waals surface area contributed by atoms with Gasteiger partial charge in [-0.2, -0.15) is 0 Å². The lowest BCUT2D eigenvalue weighted by Crippen LogP contribution is -2.71. The van der Waals surface area contributed by atoms with Crippen molar-refractivity contribution in [1.82, 2.24) is 24.8 Å². The van der Waals surface area contributed by atoms with E-state index in [0.29, 0.717) is 17.8 Å². The van der Waals surface area contributed by atoms with Gasteiger partial charge in [-0.05, 0) is 43.8 Å². The number of aliphatic carboxylic acids is 2. The zero-order valence-electron chi connectivity index (χ0n) is 27.0. The lowest BCUT2D eigenvalue weighted by Gasteiger charge is -2.49. The van der Waals surface area contributed by atoms with E-state index in [1.165, 1.54) is 23.6 Å². The Kier molecular flexibility index (Phi) is 11.1. The third-order valence-electron chi connectivity index (χ3n) is 8.01. The molecule has 1 fully saturated rings. The van der Waals surface area contributed by atoms with Gasteiger partial charge in [-0.1, -0.05) is 41.4 Å². The van der Waals surface area contributed by atoms with E-state index in [4.69, 9.17) is 38.0 Å². The highest BCUT2D eigenvalue weighted by Crippen LogP contribution is 2.40. The predicted octanol–water partition coefficient (Wildman–Crippen LogP) is 1.73. The third kappa shape index (κ3) is 7.51. The zero-order valence-corrected chi connectivity index (χ0v) is 29.3. The molecule has 4 atom stereocenters. The summed E-state index contributed by atoms with van der Waals surface area (Å²) in [5, 5.41) is 25.0. The molecule has 2 aliphatic heterocycles. The topological polar surface area (TPSA) is 232 Å². The van der Waals surface area contributed by atoms with E-state index in [1.807, 2.05) is 29.8 Å². The molecule has 5 rings (SSSR count). The summed E-state index contributed by atoms with van der Waals surface area (Å²) in [6, 6.07) is 2.77. The average molecular weight is 735 g/mol. The maximum Gasteiger partial charge on any atom is 0.352 e. The fourth-order valence-corrected chi connectivity index (χ4v) is 7.74. The van der Waals surface area contributed by atoms with Crippen LogP contribution in [0.15, 0.2) is 34.8 Å². The minimum Gasteiger partial charge on any atom is -0.478 e. The van der Waals surface area contributed by atoms with Crippen molar-refractivity contribution in [2.75, 3.05) is 11.5 Å². The first kappa shape index (κ1) is 36.0. The molecule has 3 aromatic rings. The minimum absolute atomic E-state index is 0.00361. The quantitative estimate of drug-likeness (QED) is 0.0650. The molecule has 2 amide bonds. The molecule has 1 saturated heterocycles. The van der Waals surface area contributed by atoms with Crippen molar-refractivity contribution < 1.29 is 38.8 Å². The number of β-lactam (4-membered cyclic amide) rings is 1. The molecule has 0 saturated carbocycles. The monoisotopic (exact) mass is 734 g/mol. The molecule has 0 bridgehead atoms. The first-order chi connectivity index (χ1) is 23.3. The van der Waals surface area contributed by atoms with Gasteiger partial charge in [0.15, 0.2) is 10.8 Å². The first-order valence-electron chi connectivity index (χ1n) is 15.5. The minimum atomic E-state index is -1.41. The van der Waals surface area contributed by atoms with Crippen LogP contribution in [0.5, 0.6) is 0 Å². The lowest BCUT2D eigenvalue weighted by atomic mass is 10.0. The predicted molar refractivity (Wildman–Crippen MR) is 183 cm³/mol. The molecule has 1 unspecified atom stereocenters. The van der Waals surface area contributed by atoms with Gasteiger partial charge in [-0.15, -0.1) is 11.8 Å². The number of carbonyl (C=O) groups is 4. The number of amides is 2. The Balaban J connectivity index is 1.40. The number of halogens is 1. The molecule has 0 spiro atoms. The van der Waals surface area contributed by atoms with Crippen LogP contribution in [0.3, 0.4) is 0 Å². The largest absolute Gasteiger partial charge is 0.478 e. The summed E-state index contributed by atoms with van der Waals surface area (Å²) < 4.78 is 4.06. The van der Waals surface area contributed by atoms with Crippen LogP contribution in [0.1, 0.15) is 51.6 Å². The molecular weight excluding hydrogens is 698 g/mol. The number of anilines is 1. The number of rotatable bonds is 15. The number of thioether (sulfide) groups is 1. The number of unbranched alkanes of at least 4 members (excludes halogenated alkanes) is 1. The van der Waals surface area contributed by atoms with Gasteiger partial charge >= 0.3 is 17.6 Å².